The number of rotatable bonds is 11. The zero-order valence-electron chi connectivity index (χ0n) is 17.8. The number of benzene rings is 3. The maximum Gasteiger partial charge on any atom is 0.325 e. The first-order valence-corrected chi connectivity index (χ1v) is 11.3. The number of ether oxygens (including phenoxy) is 2. The molecule has 0 spiro atoms. The van der Waals surface area contributed by atoms with Crippen molar-refractivity contribution in [1.82, 2.24) is 5.23 Å². The molecule has 1 N–H and O–H groups in total. The maximum absolute atomic E-state index is 12.9. The van der Waals surface area contributed by atoms with Crippen molar-refractivity contribution in [3.8, 4) is 5.75 Å². The highest BCUT2D eigenvalue weighted by atomic mass is 127. The van der Waals surface area contributed by atoms with Crippen LogP contribution in [0.1, 0.15) is 23.6 Å². The smallest absolute Gasteiger partial charge is 0.325 e. The van der Waals surface area contributed by atoms with Gasteiger partial charge in [0.05, 0.1) is 9.76 Å². The first-order chi connectivity index (χ1) is 15.5. The van der Waals surface area contributed by atoms with Gasteiger partial charge in [0.25, 0.3) is 7.41 Å². The van der Waals surface area contributed by atoms with E-state index in [2.05, 4.69) is 27.8 Å². The van der Waals surface area contributed by atoms with E-state index in [0.717, 1.165) is 26.0 Å². The molecule has 1 atom stereocenters. The summed E-state index contributed by atoms with van der Waals surface area (Å²) in [4.78, 5) is 23.8. The van der Waals surface area contributed by atoms with E-state index >= 15 is 0 Å². The highest BCUT2D eigenvalue weighted by molar-refractivity contribution is 14.1. The Morgan fingerprint density at radius 1 is 0.969 bits per heavy atom. The van der Waals surface area contributed by atoms with Gasteiger partial charge in [-0.3, -0.25) is 4.79 Å². The van der Waals surface area contributed by atoms with Gasteiger partial charge in [-0.15, -0.1) is 0 Å². The van der Waals surface area contributed by atoms with E-state index in [1.54, 1.807) is 6.92 Å². The van der Waals surface area contributed by atoms with E-state index in [9.17, 15) is 9.59 Å². The van der Waals surface area contributed by atoms with Gasteiger partial charge in [-0.05, 0) is 58.3 Å². The third kappa shape index (κ3) is 6.93. The Labute approximate surface area is 202 Å². The van der Waals surface area contributed by atoms with Crippen LogP contribution >= 0.6 is 22.6 Å². The van der Waals surface area contributed by atoms with Gasteiger partial charge in [0, 0.05) is 6.42 Å². The molecular formula is C25H24BINO4. The van der Waals surface area contributed by atoms with Gasteiger partial charge in [0.2, 0.25) is 0 Å². The third-order valence-corrected chi connectivity index (χ3v) is 5.77. The van der Waals surface area contributed by atoms with Crippen molar-refractivity contribution in [3.05, 3.63) is 99.1 Å². The van der Waals surface area contributed by atoms with Crippen molar-refractivity contribution in [3.63, 3.8) is 0 Å². The molecule has 0 bridgehead atoms. The van der Waals surface area contributed by atoms with Crippen LogP contribution < -0.4 is 9.96 Å². The van der Waals surface area contributed by atoms with Crippen LogP contribution in [0.5, 0.6) is 5.75 Å². The summed E-state index contributed by atoms with van der Waals surface area (Å²) < 4.78 is 12.4. The Kier molecular flexibility index (Phi) is 8.87. The number of halogens is 1. The maximum atomic E-state index is 12.9. The Hall–Kier alpha value is -2.65. The normalized spacial score (nSPS) is 12.4. The molecule has 3 rings (SSSR count). The van der Waals surface area contributed by atoms with E-state index in [1.165, 1.54) is 7.41 Å². The minimum absolute atomic E-state index is 0.168. The van der Waals surface area contributed by atoms with Crippen LogP contribution in [0, 0.1) is 3.57 Å². The molecule has 3 aromatic carbocycles. The second-order valence-corrected chi connectivity index (χ2v) is 8.72. The molecule has 32 heavy (non-hydrogen) atoms. The number of hydrogen-bond acceptors (Lipinski definition) is 5. The van der Waals surface area contributed by atoms with Crippen molar-refractivity contribution in [1.29, 1.82) is 0 Å². The number of esters is 1. The summed E-state index contributed by atoms with van der Waals surface area (Å²) >= 11 is 2.23. The summed E-state index contributed by atoms with van der Waals surface area (Å²) in [5.41, 5.74) is 1.82. The van der Waals surface area contributed by atoms with Gasteiger partial charge in [-0.25, -0.2) is 0 Å². The van der Waals surface area contributed by atoms with E-state index in [-0.39, 0.29) is 6.61 Å². The SMILES string of the molecule is C[C@@](Cc1ccc(OCc2ccccc2)c(I)c1)(N[B]C=O)C(=O)OCc1ccccc1. The lowest BCUT2D eigenvalue weighted by Gasteiger charge is -2.28. The average molecular weight is 540 g/mol. The van der Waals surface area contributed by atoms with Crippen LogP contribution in [-0.4, -0.2) is 25.1 Å². The molecule has 0 fully saturated rings. The predicted molar refractivity (Wildman–Crippen MR) is 134 cm³/mol. The predicted octanol–water partition coefficient (Wildman–Crippen LogP) is 4.31. The first kappa shape index (κ1) is 24.0. The molecule has 0 heterocycles. The molecular weight excluding hydrogens is 516 g/mol. The molecule has 163 valence electrons. The fourth-order valence-electron chi connectivity index (χ4n) is 3.20. The lowest BCUT2D eigenvalue weighted by molar-refractivity contribution is -0.151. The topological polar surface area (TPSA) is 64.6 Å². The standard InChI is InChI=1S/C25H24BINO4/c1-25(28-26-18-29,24(30)32-17-20-10-6-3-7-11-20)15-21-12-13-23(22(27)14-21)31-16-19-8-4-2-5-9-19/h2-14,18,28H,15-17H2,1H3/t25-/m0/s1. The quantitative estimate of drug-likeness (QED) is 0.170. The van der Waals surface area contributed by atoms with Gasteiger partial charge in [0.15, 0.2) is 0 Å². The summed E-state index contributed by atoms with van der Waals surface area (Å²) in [5.74, 6) is 0.345. The molecule has 0 aromatic heterocycles. The molecule has 0 aliphatic rings. The number of carbonyl (C=O) groups is 2. The molecule has 7 heteroatoms. The van der Waals surface area contributed by atoms with E-state index in [4.69, 9.17) is 9.47 Å². The van der Waals surface area contributed by atoms with Crippen LogP contribution in [0.4, 0.5) is 0 Å². The molecule has 0 aliphatic heterocycles. The molecule has 0 amide bonds. The van der Waals surface area contributed by atoms with Crippen molar-refractivity contribution in [2.45, 2.75) is 32.1 Å². The monoisotopic (exact) mass is 540 g/mol. The highest BCUT2D eigenvalue weighted by Crippen LogP contribution is 2.26. The molecule has 0 unspecified atom stereocenters. The summed E-state index contributed by atoms with van der Waals surface area (Å²) in [5, 5.41) is 2.91. The fourth-order valence-corrected chi connectivity index (χ4v) is 3.93. The molecule has 5 nitrogen and oxygen atoms in total. The molecule has 0 saturated carbocycles. The lowest BCUT2D eigenvalue weighted by atomic mass is 9.85. The highest BCUT2D eigenvalue weighted by Gasteiger charge is 2.34. The number of carbonyl (C=O) groups excluding carboxylic acids is 2. The Bertz CT molecular complexity index is 1030. The molecule has 3 aromatic rings. The zero-order valence-corrected chi connectivity index (χ0v) is 20.0. The average Bonchev–Trinajstić information content (AvgIpc) is 2.82. The lowest BCUT2D eigenvalue weighted by Crippen LogP contribution is -2.54. The van der Waals surface area contributed by atoms with E-state index in [1.807, 2.05) is 78.9 Å². The van der Waals surface area contributed by atoms with Gasteiger partial charge < -0.3 is 19.5 Å². The Morgan fingerprint density at radius 3 is 2.19 bits per heavy atom. The second kappa shape index (κ2) is 11.8. The third-order valence-electron chi connectivity index (χ3n) is 4.92. The van der Waals surface area contributed by atoms with Crippen LogP contribution in [-0.2, 0) is 34.0 Å². The van der Waals surface area contributed by atoms with E-state index < -0.39 is 11.5 Å². The fraction of sp³-hybridized carbons (Fsp3) is 0.200. The van der Waals surface area contributed by atoms with Gasteiger partial charge in [0.1, 0.15) is 24.5 Å². The molecule has 1 radical (unpaired) electrons. The zero-order chi connectivity index (χ0) is 22.8. The van der Waals surface area contributed by atoms with Crippen molar-refractivity contribution >= 4 is 42.2 Å². The molecule has 0 saturated heterocycles. The van der Waals surface area contributed by atoms with Gasteiger partial charge in [-0.2, -0.15) is 0 Å². The Balaban J connectivity index is 1.67. The second-order valence-electron chi connectivity index (χ2n) is 7.56. The summed E-state index contributed by atoms with van der Waals surface area (Å²) in [6, 6.07) is 25.3. The van der Waals surface area contributed by atoms with Crippen LogP contribution in [0.15, 0.2) is 78.9 Å². The number of nitrogens with one attached hydrogen (secondary N) is 1. The van der Waals surface area contributed by atoms with Crippen molar-refractivity contribution in [2.75, 3.05) is 0 Å². The van der Waals surface area contributed by atoms with Crippen LogP contribution in [0.3, 0.4) is 0 Å². The van der Waals surface area contributed by atoms with Gasteiger partial charge >= 0.3 is 5.97 Å². The largest absolute Gasteiger partial charge is 0.488 e. The van der Waals surface area contributed by atoms with Crippen molar-refractivity contribution < 1.29 is 19.1 Å². The number of hydrogen-bond donors (Lipinski definition) is 1. The molecule has 0 aliphatic carbocycles. The summed E-state index contributed by atoms with van der Waals surface area (Å²) in [6.07, 6.45) is 0.965. The minimum Gasteiger partial charge on any atom is -0.488 e. The van der Waals surface area contributed by atoms with Gasteiger partial charge in [-0.1, -0.05) is 66.7 Å². The minimum atomic E-state index is -1.09. The first-order valence-electron chi connectivity index (χ1n) is 10.2. The van der Waals surface area contributed by atoms with Crippen molar-refractivity contribution in [2.24, 2.45) is 0 Å². The Morgan fingerprint density at radius 2 is 1.59 bits per heavy atom. The summed E-state index contributed by atoms with van der Waals surface area (Å²) in [7, 11) is 1.23. The summed E-state index contributed by atoms with van der Waals surface area (Å²) in [6.45, 7) is 2.38. The van der Waals surface area contributed by atoms with Crippen LogP contribution in [0.25, 0.3) is 0 Å². The van der Waals surface area contributed by atoms with Crippen LogP contribution in [0.2, 0.25) is 0 Å². The van der Waals surface area contributed by atoms with E-state index in [0.29, 0.717) is 19.2 Å².